The summed E-state index contributed by atoms with van der Waals surface area (Å²) in [6.07, 6.45) is -3.91. The number of nitrogens with two attached hydrogens (primary N) is 1. The van der Waals surface area contributed by atoms with Crippen LogP contribution >= 0.6 is 11.6 Å². The van der Waals surface area contributed by atoms with Crippen LogP contribution in [0.4, 0.5) is 13.2 Å². The minimum atomic E-state index is -4.20. The van der Waals surface area contributed by atoms with Gasteiger partial charge in [-0.05, 0) is 20.3 Å². The molecule has 0 bridgehead atoms. The normalized spacial score (nSPS) is 14.4. The lowest BCUT2D eigenvalue weighted by atomic mass is 10.1. The maximum absolute atomic E-state index is 12.1. The molecule has 0 spiro atoms. The van der Waals surface area contributed by atoms with Crippen LogP contribution in [0, 0.1) is 0 Å². The maximum atomic E-state index is 12.1. The molecule has 0 aromatic carbocycles. The van der Waals surface area contributed by atoms with Gasteiger partial charge in [0.05, 0.1) is 16.9 Å². The van der Waals surface area contributed by atoms with Gasteiger partial charge in [0.15, 0.2) is 0 Å². The third kappa shape index (κ3) is 3.89. The fourth-order valence-corrected chi connectivity index (χ4v) is 1.84. The van der Waals surface area contributed by atoms with Crippen LogP contribution in [-0.4, -0.2) is 16.0 Å². The van der Waals surface area contributed by atoms with Crippen LogP contribution in [0.1, 0.15) is 44.5 Å². The van der Waals surface area contributed by atoms with Crippen LogP contribution in [0.25, 0.3) is 0 Å². The molecule has 3 nitrogen and oxygen atoms in total. The average molecular weight is 270 g/mol. The standard InChI is InChI=1S/C10H15ClF3N3/c1-6(2)17-9(7(11)5-16-17)8(15)3-4-10(12,13)14/h5-6,8H,3-4,15H2,1-2H3. The van der Waals surface area contributed by atoms with Crippen molar-refractivity contribution in [2.75, 3.05) is 0 Å². The lowest BCUT2D eigenvalue weighted by molar-refractivity contribution is -0.136. The highest BCUT2D eigenvalue weighted by Gasteiger charge is 2.29. The van der Waals surface area contributed by atoms with E-state index in [1.54, 1.807) is 4.68 Å². The van der Waals surface area contributed by atoms with Gasteiger partial charge >= 0.3 is 6.18 Å². The van der Waals surface area contributed by atoms with E-state index in [-0.39, 0.29) is 12.5 Å². The van der Waals surface area contributed by atoms with Gasteiger partial charge in [-0.3, -0.25) is 4.68 Å². The Labute approximate surface area is 103 Å². The topological polar surface area (TPSA) is 43.8 Å². The summed E-state index contributed by atoms with van der Waals surface area (Å²) in [4.78, 5) is 0. The molecule has 0 aliphatic heterocycles. The number of rotatable bonds is 4. The summed E-state index contributed by atoms with van der Waals surface area (Å²) in [6.45, 7) is 3.73. The van der Waals surface area contributed by atoms with Gasteiger partial charge in [-0.1, -0.05) is 11.6 Å². The molecule has 0 amide bonds. The first-order valence-corrected chi connectivity index (χ1v) is 5.65. The Morgan fingerprint density at radius 3 is 2.53 bits per heavy atom. The minimum Gasteiger partial charge on any atom is -0.323 e. The van der Waals surface area contributed by atoms with E-state index >= 15 is 0 Å². The van der Waals surface area contributed by atoms with E-state index < -0.39 is 18.6 Å². The molecule has 0 aliphatic carbocycles. The monoisotopic (exact) mass is 269 g/mol. The molecule has 1 unspecified atom stereocenters. The molecule has 0 radical (unpaired) electrons. The van der Waals surface area contributed by atoms with Crippen molar-refractivity contribution in [1.82, 2.24) is 9.78 Å². The van der Waals surface area contributed by atoms with Gasteiger partial charge in [0, 0.05) is 18.5 Å². The molecule has 1 aromatic heterocycles. The van der Waals surface area contributed by atoms with E-state index in [1.165, 1.54) is 6.20 Å². The molecule has 0 saturated heterocycles. The van der Waals surface area contributed by atoms with Crippen molar-refractivity contribution in [1.29, 1.82) is 0 Å². The van der Waals surface area contributed by atoms with E-state index in [0.717, 1.165) is 0 Å². The molecule has 2 N–H and O–H groups in total. The summed E-state index contributed by atoms with van der Waals surface area (Å²) < 4.78 is 37.9. The highest BCUT2D eigenvalue weighted by molar-refractivity contribution is 6.31. The number of aromatic nitrogens is 2. The molecule has 1 heterocycles. The van der Waals surface area contributed by atoms with Crippen molar-refractivity contribution < 1.29 is 13.2 Å². The van der Waals surface area contributed by atoms with Crippen LogP contribution in [0.5, 0.6) is 0 Å². The summed E-state index contributed by atoms with van der Waals surface area (Å²) in [7, 11) is 0. The molecule has 0 fully saturated rings. The summed E-state index contributed by atoms with van der Waals surface area (Å²) in [5.74, 6) is 0. The molecule has 0 saturated carbocycles. The molecular formula is C10H15ClF3N3. The van der Waals surface area contributed by atoms with Gasteiger partial charge in [-0.2, -0.15) is 18.3 Å². The molecule has 98 valence electrons. The van der Waals surface area contributed by atoms with Gasteiger partial charge in [0.25, 0.3) is 0 Å². The second-order valence-corrected chi connectivity index (χ2v) is 4.58. The zero-order valence-corrected chi connectivity index (χ0v) is 10.4. The predicted molar refractivity (Wildman–Crippen MR) is 59.8 cm³/mol. The van der Waals surface area contributed by atoms with Crippen LogP contribution in [0.15, 0.2) is 6.20 Å². The first-order chi connectivity index (χ1) is 7.72. The Hall–Kier alpha value is -0.750. The van der Waals surface area contributed by atoms with E-state index in [1.807, 2.05) is 13.8 Å². The van der Waals surface area contributed by atoms with E-state index in [0.29, 0.717) is 10.7 Å². The summed E-state index contributed by atoms with van der Waals surface area (Å²) >= 11 is 5.89. The molecule has 7 heteroatoms. The van der Waals surface area contributed by atoms with E-state index in [9.17, 15) is 13.2 Å². The third-order valence-corrected chi connectivity index (χ3v) is 2.66. The van der Waals surface area contributed by atoms with E-state index in [4.69, 9.17) is 17.3 Å². The fourth-order valence-electron chi connectivity index (χ4n) is 1.57. The highest BCUT2D eigenvalue weighted by Crippen LogP contribution is 2.30. The van der Waals surface area contributed by atoms with Gasteiger partial charge in [-0.25, -0.2) is 0 Å². The highest BCUT2D eigenvalue weighted by atomic mass is 35.5. The van der Waals surface area contributed by atoms with Crippen LogP contribution in [-0.2, 0) is 0 Å². The molecule has 1 rings (SSSR count). The Morgan fingerprint density at radius 1 is 1.47 bits per heavy atom. The van der Waals surface area contributed by atoms with E-state index in [2.05, 4.69) is 5.10 Å². The van der Waals surface area contributed by atoms with Crippen molar-refractivity contribution >= 4 is 11.6 Å². The SMILES string of the molecule is CC(C)n1ncc(Cl)c1C(N)CCC(F)(F)F. The van der Waals surface area contributed by atoms with Crippen molar-refractivity contribution in [3.8, 4) is 0 Å². The van der Waals surface area contributed by atoms with Crippen LogP contribution in [0.2, 0.25) is 5.02 Å². The number of halogens is 4. The largest absolute Gasteiger partial charge is 0.389 e. The number of hydrogen-bond acceptors (Lipinski definition) is 2. The molecule has 1 aromatic rings. The fraction of sp³-hybridized carbons (Fsp3) is 0.700. The lowest BCUT2D eigenvalue weighted by Crippen LogP contribution is -2.20. The Kier molecular flexibility index (Phi) is 4.43. The van der Waals surface area contributed by atoms with Crippen LogP contribution in [0.3, 0.4) is 0 Å². The Morgan fingerprint density at radius 2 is 2.06 bits per heavy atom. The Balaban J connectivity index is 2.81. The van der Waals surface area contributed by atoms with Crippen molar-refractivity contribution in [2.24, 2.45) is 5.73 Å². The van der Waals surface area contributed by atoms with Crippen molar-refractivity contribution in [3.63, 3.8) is 0 Å². The molecule has 0 aliphatic rings. The van der Waals surface area contributed by atoms with Gasteiger partial charge < -0.3 is 5.73 Å². The lowest BCUT2D eigenvalue weighted by Gasteiger charge is -2.18. The van der Waals surface area contributed by atoms with Crippen molar-refractivity contribution in [2.45, 2.75) is 44.9 Å². The minimum absolute atomic E-state index is 0.00874. The first-order valence-electron chi connectivity index (χ1n) is 5.27. The summed E-state index contributed by atoms with van der Waals surface area (Å²) in [6, 6.07) is -0.747. The second kappa shape index (κ2) is 5.27. The third-order valence-electron chi connectivity index (χ3n) is 2.37. The summed E-state index contributed by atoms with van der Waals surface area (Å²) in [5.41, 5.74) is 6.20. The Bertz CT molecular complexity index is 373. The van der Waals surface area contributed by atoms with Crippen LogP contribution < -0.4 is 5.73 Å². The smallest absolute Gasteiger partial charge is 0.323 e. The average Bonchev–Trinajstić information content (AvgIpc) is 2.55. The number of nitrogens with zero attached hydrogens (tertiary/aromatic N) is 2. The second-order valence-electron chi connectivity index (χ2n) is 4.18. The quantitative estimate of drug-likeness (QED) is 0.910. The number of alkyl halides is 3. The zero-order valence-electron chi connectivity index (χ0n) is 9.63. The number of hydrogen-bond donors (Lipinski definition) is 1. The zero-order chi connectivity index (χ0) is 13.2. The van der Waals surface area contributed by atoms with Gasteiger partial charge in [-0.15, -0.1) is 0 Å². The maximum Gasteiger partial charge on any atom is 0.389 e. The van der Waals surface area contributed by atoms with Crippen molar-refractivity contribution in [3.05, 3.63) is 16.9 Å². The van der Waals surface area contributed by atoms with Gasteiger partial charge in [0.1, 0.15) is 0 Å². The summed E-state index contributed by atoms with van der Waals surface area (Å²) in [5, 5.41) is 4.32. The molecule has 17 heavy (non-hydrogen) atoms. The predicted octanol–water partition coefficient (Wildman–Crippen LogP) is 3.46. The van der Waals surface area contributed by atoms with Gasteiger partial charge in [0.2, 0.25) is 0 Å². The molecule has 1 atom stereocenters. The molecular weight excluding hydrogens is 255 g/mol. The first kappa shape index (κ1) is 14.3.